The van der Waals surface area contributed by atoms with Gasteiger partial charge < -0.3 is 5.32 Å². The molecule has 0 spiro atoms. The summed E-state index contributed by atoms with van der Waals surface area (Å²) in [5.74, 6) is 0.695. The van der Waals surface area contributed by atoms with Crippen molar-refractivity contribution in [2.75, 3.05) is 5.32 Å². The Morgan fingerprint density at radius 2 is 2.42 bits per heavy atom. The molecule has 0 radical (unpaired) electrons. The first-order valence-electron chi connectivity index (χ1n) is 7.91. The zero-order valence-electron chi connectivity index (χ0n) is 13.0. The highest BCUT2D eigenvalue weighted by molar-refractivity contribution is 7.09. The fraction of sp³-hybridized carbons (Fsp3) is 0.312. The van der Waals surface area contributed by atoms with Crippen LogP contribution < -0.4 is 10.6 Å². The first-order valence-corrected chi connectivity index (χ1v) is 8.79. The van der Waals surface area contributed by atoms with Crippen molar-refractivity contribution in [3.05, 3.63) is 52.1 Å². The van der Waals surface area contributed by atoms with Crippen molar-refractivity contribution in [2.24, 2.45) is 0 Å². The van der Waals surface area contributed by atoms with Crippen molar-refractivity contribution < 1.29 is 4.79 Å². The van der Waals surface area contributed by atoms with Crippen LogP contribution in [0.5, 0.6) is 0 Å². The Morgan fingerprint density at radius 1 is 1.46 bits per heavy atom. The first kappa shape index (κ1) is 14.9. The maximum absolute atomic E-state index is 12.3. The molecule has 0 aromatic carbocycles. The number of anilines is 1. The van der Waals surface area contributed by atoms with Crippen molar-refractivity contribution in [3.8, 4) is 0 Å². The predicted octanol–water partition coefficient (Wildman–Crippen LogP) is 2.40. The smallest absolute Gasteiger partial charge is 0.320 e. The molecule has 1 aliphatic carbocycles. The number of rotatable bonds is 4. The van der Waals surface area contributed by atoms with E-state index in [2.05, 4.69) is 32.0 Å². The molecule has 3 aromatic rings. The Kier molecular flexibility index (Phi) is 4.04. The van der Waals surface area contributed by atoms with Crippen LogP contribution in [0.2, 0.25) is 0 Å². The average Bonchev–Trinajstić information content (AvgIpc) is 3.30. The van der Waals surface area contributed by atoms with Gasteiger partial charge in [-0.2, -0.15) is 10.2 Å². The van der Waals surface area contributed by atoms with Crippen LogP contribution in [-0.4, -0.2) is 32.1 Å². The van der Waals surface area contributed by atoms with Gasteiger partial charge >= 0.3 is 6.03 Å². The maximum Gasteiger partial charge on any atom is 0.320 e. The Bertz CT molecular complexity index is 821. The van der Waals surface area contributed by atoms with E-state index in [0.717, 1.165) is 19.3 Å². The van der Waals surface area contributed by atoms with E-state index < -0.39 is 0 Å². The molecule has 0 saturated carbocycles. The molecule has 1 aliphatic rings. The zero-order chi connectivity index (χ0) is 16.4. The van der Waals surface area contributed by atoms with Crippen LogP contribution in [0.1, 0.15) is 22.6 Å². The highest BCUT2D eigenvalue weighted by Gasteiger charge is 2.21. The number of carbonyl (C=O) groups is 1. The lowest BCUT2D eigenvalue weighted by atomic mass is 9.94. The number of carbonyl (C=O) groups excluding carboxylic acids is 1. The van der Waals surface area contributed by atoms with Gasteiger partial charge in [0.15, 0.2) is 0 Å². The molecule has 24 heavy (non-hydrogen) atoms. The number of aryl methyl sites for hydroxylation is 1. The highest BCUT2D eigenvalue weighted by Crippen LogP contribution is 2.19. The van der Waals surface area contributed by atoms with Crippen LogP contribution in [0.4, 0.5) is 10.6 Å². The van der Waals surface area contributed by atoms with Crippen molar-refractivity contribution in [1.29, 1.82) is 0 Å². The van der Waals surface area contributed by atoms with Crippen molar-refractivity contribution in [1.82, 2.24) is 25.3 Å². The summed E-state index contributed by atoms with van der Waals surface area (Å²) in [6, 6.07) is 5.81. The maximum atomic E-state index is 12.3. The van der Waals surface area contributed by atoms with Gasteiger partial charge in [-0.3, -0.25) is 10.4 Å². The molecular weight excluding hydrogens is 324 g/mol. The number of aromatic nitrogens is 4. The molecule has 7 nitrogen and oxygen atoms in total. The number of thiophene rings is 1. The Labute approximate surface area is 143 Å². The van der Waals surface area contributed by atoms with Crippen LogP contribution in [-0.2, 0) is 19.4 Å². The minimum atomic E-state index is -0.195. The minimum Gasteiger partial charge on any atom is -0.335 e. The number of nitrogens with one attached hydrogen (secondary N) is 3. The van der Waals surface area contributed by atoms with E-state index in [1.165, 1.54) is 16.1 Å². The van der Waals surface area contributed by atoms with Gasteiger partial charge in [0, 0.05) is 22.7 Å². The lowest BCUT2D eigenvalue weighted by Gasteiger charge is -2.23. The van der Waals surface area contributed by atoms with Crippen molar-refractivity contribution >= 4 is 23.2 Å². The standard InChI is InChI=1S/C16H18N6OS/c23-16(19-12-3-4-14-11(8-12)9-17-21-14)20-15-5-6-18-22(15)10-13-2-1-7-24-13/h1-2,5-7,9,12H,3-4,8,10H2,(H,17,21)(H2,19,20,23). The summed E-state index contributed by atoms with van der Waals surface area (Å²) < 4.78 is 1.79. The van der Waals surface area contributed by atoms with Crippen LogP contribution in [0.3, 0.4) is 0 Å². The molecule has 0 bridgehead atoms. The van der Waals surface area contributed by atoms with Gasteiger partial charge in [0.1, 0.15) is 5.82 Å². The van der Waals surface area contributed by atoms with E-state index >= 15 is 0 Å². The van der Waals surface area contributed by atoms with Gasteiger partial charge in [0.2, 0.25) is 0 Å². The molecule has 3 heterocycles. The molecule has 4 rings (SSSR count). The van der Waals surface area contributed by atoms with Crippen molar-refractivity contribution in [3.63, 3.8) is 0 Å². The van der Waals surface area contributed by atoms with Crippen molar-refractivity contribution in [2.45, 2.75) is 31.8 Å². The highest BCUT2D eigenvalue weighted by atomic mass is 32.1. The second kappa shape index (κ2) is 6.48. The second-order valence-electron chi connectivity index (χ2n) is 5.87. The number of aromatic amines is 1. The number of hydrogen-bond acceptors (Lipinski definition) is 4. The normalized spacial score (nSPS) is 16.6. The van der Waals surface area contributed by atoms with E-state index in [4.69, 9.17) is 0 Å². The Balaban J connectivity index is 1.36. The quantitative estimate of drug-likeness (QED) is 0.680. The molecule has 0 aliphatic heterocycles. The fourth-order valence-electron chi connectivity index (χ4n) is 2.99. The van der Waals surface area contributed by atoms with Crippen LogP contribution in [0, 0.1) is 0 Å². The minimum absolute atomic E-state index is 0.128. The first-order chi connectivity index (χ1) is 11.8. The van der Waals surface area contributed by atoms with Gasteiger partial charge in [-0.1, -0.05) is 6.07 Å². The number of nitrogens with zero attached hydrogens (tertiary/aromatic N) is 3. The molecule has 0 saturated heterocycles. The van der Waals surface area contributed by atoms with E-state index in [1.54, 1.807) is 22.2 Å². The van der Waals surface area contributed by atoms with Crippen LogP contribution in [0.25, 0.3) is 0 Å². The van der Waals surface area contributed by atoms with Gasteiger partial charge in [-0.25, -0.2) is 9.48 Å². The van der Waals surface area contributed by atoms with E-state index in [1.807, 2.05) is 23.7 Å². The number of urea groups is 1. The molecule has 2 amide bonds. The molecule has 1 unspecified atom stereocenters. The van der Waals surface area contributed by atoms with E-state index in [9.17, 15) is 4.79 Å². The second-order valence-corrected chi connectivity index (χ2v) is 6.90. The monoisotopic (exact) mass is 342 g/mol. The molecule has 3 N–H and O–H groups in total. The average molecular weight is 342 g/mol. The van der Waals surface area contributed by atoms with Gasteiger partial charge in [0.05, 0.1) is 18.9 Å². The third kappa shape index (κ3) is 3.18. The Hall–Kier alpha value is -2.61. The lowest BCUT2D eigenvalue weighted by molar-refractivity contribution is 0.247. The van der Waals surface area contributed by atoms with Crippen LogP contribution >= 0.6 is 11.3 Å². The summed E-state index contributed by atoms with van der Waals surface area (Å²) in [4.78, 5) is 13.5. The third-order valence-corrected chi connectivity index (χ3v) is 5.06. The topological polar surface area (TPSA) is 87.6 Å². The summed E-state index contributed by atoms with van der Waals surface area (Å²) >= 11 is 1.67. The van der Waals surface area contributed by atoms with E-state index in [-0.39, 0.29) is 12.1 Å². The summed E-state index contributed by atoms with van der Waals surface area (Å²) in [6.07, 6.45) is 6.18. The molecule has 8 heteroatoms. The molecule has 124 valence electrons. The lowest BCUT2D eigenvalue weighted by Crippen LogP contribution is -2.41. The van der Waals surface area contributed by atoms with Crippen LogP contribution in [0.15, 0.2) is 36.0 Å². The summed E-state index contributed by atoms with van der Waals surface area (Å²) in [7, 11) is 0. The number of H-pyrrole nitrogens is 1. The molecular formula is C16H18N6OS. The number of amides is 2. The number of hydrogen-bond donors (Lipinski definition) is 3. The van der Waals surface area contributed by atoms with E-state index in [0.29, 0.717) is 12.4 Å². The SMILES string of the molecule is O=C(Nc1ccnn1Cc1cccs1)NC1CCc2[nH]ncc2C1. The molecule has 3 aromatic heterocycles. The fourth-order valence-corrected chi connectivity index (χ4v) is 3.68. The third-order valence-electron chi connectivity index (χ3n) is 4.20. The summed E-state index contributed by atoms with van der Waals surface area (Å²) in [5.41, 5.74) is 2.37. The summed E-state index contributed by atoms with van der Waals surface area (Å²) in [6.45, 7) is 0.655. The Morgan fingerprint density at radius 3 is 3.29 bits per heavy atom. The van der Waals surface area contributed by atoms with Gasteiger partial charge in [0.25, 0.3) is 0 Å². The van der Waals surface area contributed by atoms with Gasteiger partial charge in [-0.15, -0.1) is 11.3 Å². The molecule has 1 atom stereocenters. The molecule has 0 fully saturated rings. The largest absolute Gasteiger partial charge is 0.335 e. The zero-order valence-corrected chi connectivity index (χ0v) is 13.8. The number of fused-ring (bicyclic) bond motifs is 1. The van der Waals surface area contributed by atoms with Gasteiger partial charge in [-0.05, 0) is 36.3 Å². The predicted molar refractivity (Wildman–Crippen MR) is 92.2 cm³/mol. The summed E-state index contributed by atoms with van der Waals surface area (Å²) in [5, 5.41) is 19.3.